The summed E-state index contributed by atoms with van der Waals surface area (Å²) in [6.45, 7) is 1.95. The van der Waals surface area contributed by atoms with Gasteiger partial charge in [-0.05, 0) is 67.7 Å². The lowest BCUT2D eigenvalue weighted by molar-refractivity contribution is -0.116. The zero-order valence-electron chi connectivity index (χ0n) is 18.7. The maximum Gasteiger partial charge on any atom is 0.338 e. The van der Waals surface area contributed by atoms with Crippen molar-refractivity contribution >= 4 is 29.8 Å². The van der Waals surface area contributed by atoms with Crippen molar-refractivity contribution in [3.8, 4) is 17.1 Å². The van der Waals surface area contributed by atoms with Gasteiger partial charge < -0.3 is 14.8 Å². The smallest absolute Gasteiger partial charge is 0.338 e. The first-order valence-electron chi connectivity index (χ1n) is 10.5. The van der Waals surface area contributed by atoms with Crippen LogP contribution in [0.4, 0.5) is 5.69 Å². The molecule has 1 amide bonds. The van der Waals surface area contributed by atoms with Crippen molar-refractivity contribution in [2.24, 2.45) is 0 Å². The van der Waals surface area contributed by atoms with Crippen molar-refractivity contribution in [1.29, 1.82) is 0 Å². The number of aromatic nitrogens is 4. The molecule has 0 saturated heterocycles. The van der Waals surface area contributed by atoms with Crippen molar-refractivity contribution in [2.75, 3.05) is 19.0 Å². The van der Waals surface area contributed by atoms with E-state index in [0.717, 1.165) is 5.56 Å². The topological polar surface area (TPSA) is 92.3 Å². The number of carbonyl (C=O) groups excluding carboxylic acids is 2. The number of esters is 1. The van der Waals surface area contributed by atoms with Crippen molar-refractivity contribution in [1.82, 2.24) is 19.1 Å². The van der Waals surface area contributed by atoms with E-state index in [4.69, 9.17) is 21.7 Å². The van der Waals surface area contributed by atoms with Gasteiger partial charge in [0, 0.05) is 23.6 Å². The molecule has 2 aromatic heterocycles. The highest BCUT2D eigenvalue weighted by Crippen LogP contribution is 2.23. The van der Waals surface area contributed by atoms with E-state index in [-0.39, 0.29) is 12.5 Å². The van der Waals surface area contributed by atoms with Crippen molar-refractivity contribution in [3.05, 3.63) is 83.4 Å². The third-order valence-electron chi connectivity index (χ3n) is 4.94. The van der Waals surface area contributed by atoms with Crippen LogP contribution in [0.3, 0.4) is 0 Å². The van der Waals surface area contributed by atoms with Crippen LogP contribution < -0.4 is 10.1 Å². The number of rotatable bonds is 8. The number of hydrogen-bond acceptors (Lipinski definition) is 6. The molecule has 0 spiro atoms. The van der Waals surface area contributed by atoms with Gasteiger partial charge in [0.15, 0.2) is 5.82 Å². The van der Waals surface area contributed by atoms with E-state index in [1.54, 1.807) is 47.7 Å². The summed E-state index contributed by atoms with van der Waals surface area (Å²) >= 11 is 5.66. The first-order chi connectivity index (χ1) is 16.5. The van der Waals surface area contributed by atoms with E-state index in [0.29, 0.717) is 34.2 Å². The monoisotopic (exact) mass is 477 g/mol. The molecule has 0 fully saturated rings. The second-order valence-corrected chi connectivity index (χ2v) is 7.58. The molecule has 2 aromatic carbocycles. The third kappa shape index (κ3) is 4.91. The Morgan fingerprint density at radius 3 is 2.47 bits per heavy atom. The van der Waals surface area contributed by atoms with Gasteiger partial charge in [0.05, 0.1) is 19.3 Å². The minimum absolute atomic E-state index is 0.0936. The lowest BCUT2D eigenvalue weighted by Gasteiger charge is -2.08. The van der Waals surface area contributed by atoms with Crippen molar-refractivity contribution in [2.45, 2.75) is 13.5 Å². The van der Waals surface area contributed by atoms with E-state index in [9.17, 15) is 9.59 Å². The standard InChI is InChI=1S/C24H23N5O4S/c1-3-33-23(31)17-9-11-19(12-10-17)25-21(30)16-28-24(34)29(27-13-4-5-14-27)22(26-28)18-7-6-8-20(15-18)32-2/h4-15H,3,16H2,1-2H3,(H,25,30). The Labute approximate surface area is 201 Å². The minimum atomic E-state index is -0.410. The molecule has 4 aromatic rings. The molecule has 0 aliphatic rings. The summed E-state index contributed by atoms with van der Waals surface area (Å²) in [4.78, 5) is 24.6. The molecular formula is C24H23N5O4S. The molecule has 9 nitrogen and oxygen atoms in total. The molecule has 0 aliphatic carbocycles. The molecular weight excluding hydrogens is 454 g/mol. The maximum absolute atomic E-state index is 12.8. The normalized spacial score (nSPS) is 10.6. The van der Waals surface area contributed by atoms with Gasteiger partial charge in [0.1, 0.15) is 12.3 Å². The summed E-state index contributed by atoms with van der Waals surface area (Å²) in [5.41, 5.74) is 1.74. The van der Waals surface area contributed by atoms with E-state index in [2.05, 4.69) is 10.4 Å². The molecule has 2 heterocycles. The molecule has 4 rings (SSSR count). The van der Waals surface area contributed by atoms with Crippen LogP contribution in [0.1, 0.15) is 17.3 Å². The molecule has 0 radical (unpaired) electrons. The quantitative estimate of drug-likeness (QED) is 0.304. The lowest BCUT2D eigenvalue weighted by Crippen LogP contribution is -2.20. The second kappa shape index (κ2) is 10.2. The van der Waals surface area contributed by atoms with Gasteiger partial charge in [-0.3, -0.25) is 9.47 Å². The molecule has 0 bridgehead atoms. The Morgan fingerprint density at radius 1 is 1.06 bits per heavy atom. The molecule has 0 aliphatic heterocycles. The van der Waals surface area contributed by atoms with Gasteiger partial charge in [-0.25, -0.2) is 14.2 Å². The van der Waals surface area contributed by atoms with Crippen LogP contribution >= 0.6 is 12.2 Å². The number of hydrogen-bond donors (Lipinski definition) is 1. The zero-order chi connectivity index (χ0) is 24.1. The van der Waals surface area contributed by atoms with Crippen molar-refractivity contribution in [3.63, 3.8) is 0 Å². The summed E-state index contributed by atoms with van der Waals surface area (Å²) in [5.74, 6) is 0.523. The number of nitrogens with zero attached hydrogens (tertiary/aromatic N) is 4. The molecule has 0 saturated carbocycles. The number of ether oxygens (including phenoxy) is 2. The van der Waals surface area contributed by atoms with Gasteiger partial charge in [-0.1, -0.05) is 12.1 Å². The average molecular weight is 478 g/mol. The van der Waals surface area contributed by atoms with Gasteiger partial charge in [-0.15, -0.1) is 5.10 Å². The second-order valence-electron chi connectivity index (χ2n) is 7.22. The molecule has 10 heteroatoms. The Balaban J connectivity index is 1.59. The van der Waals surface area contributed by atoms with Gasteiger partial charge in [0.2, 0.25) is 10.7 Å². The fourth-order valence-corrected chi connectivity index (χ4v) is 3.64. The summed E-state index contributed by atoms with van der Waals surface area (Å²) in [6.07, 6.45) is 3.69. The van der Waals surface area contributed by atoms with Gasteiger partial charge in [0.25, 0.3) is 0 Å². The molecule has 34 heavy (non-hydrogen) atoms. The Kier molecular flexibility index (Phi) is 6.88. The largest absolute Gasteiger partial charge is 0.497 e. The summed E-state index contributed by atoms with van der Waals surface area (Å²) in [6, 6.07) is 17.7. The number of nitrogens with one attached hydrogen (secondary N) is 1. The highest BCUT2D eigenvalue weighted by atomic mass is 32.1. The molecule has 174 valence electrons. The van der Waals surface area contributed by atoms with E-state index in [1.165, 1.54) is 4.68 Å². The first-order valence-corrected chi connectivity index (χ1v) is 11.0. The summed E-state index contributed by atoms with van der Waals surface area (Å²) < 4.78 is 15.7. The van der Waals surface area contributed by atoms with Crippen LogP contribution in [0.5, 0.6) is 5.75 Å². The van der Waals surface area contributed by atoms with Crippen LogP contribution in [0.25, 0.3) is 11.4 Å². The number of anilines is 1. The lowest BCUT2D eigenvalue weighted by atomic mass is 10.2. The minimum Gasteiger partial charge on any atom is -0.497 e. The van der Waals surface area contributed by atoms with E-state index >= 15 is 0 Å². The van der Waals surface area contributed by atoms with Crippen LogP contribution in [-0.4, -0.2) is 44.7 Å². The highest BCUT2D eigenvalue weighted by Gasteiger charge is 2.17. The Hall–Kier alpha value is -4.18. The number of amides is 1. The fraction of sp³-hybridized carbons (Fsp3) is 0.167. The van der Waals surface area contributed by atoms with Gasteiger partial charge >= 0.3 is 5.97 Å². The van der Waals surface area contributed by atoms with Gasteiger partial charge in [-0.2, -0.15) is 0 Å². The molecule has 0 unspecified atom stereocenters. The van der Waals surface area contributed by atoms with Crippen LogP contribution in [0, 0.1) is 4.77 Å². The Morgan fingerprint density at radius 2 is 1.79 bits per heavy atom. The summed E-state index contributed by atoms with van der Waals surface area (Å²) in [7, 11) is 1.60. The van der Waals surface area contributed by atoms with E-state index in [1.807, 2.05) is 48.8 Å². The predicted octanol–water partition coefficient (Wildman–Crippen LogP) is 4.02. The number of benzene rings is 2. The molecule has 0 atom stereocenters. The fourth-order valence-electron chi connectivity index (χ4n) is 3.35. The molecule has 1 N–H and O–H groups in total. The first kappa shape index (κ1) is 23.0. The summed E-state index contributed by atoms with van der Waals surface area (Å²) in [5, 5.41) is 7.43. The van der Waals surface area contributed by atoms with Crippen LogP contribution in [-0.2, 0) is 16.1 Å². The van der Waals surface area contributed by atoms with Crippen LogP contribution in [0.15, 0.2) is 73.1 Å². The van der Waals surface area contributed by atoms with Crippen LogP contribution in [0.2, 0.25) is 0 Å². The highest BCUT2D eigenvalue weighted by molar-refractivity contribution is 7.71. The SMILES string of the molecule is CCOC(=O)c1ccc(NC(=O)Cn2nc(-c3cccc(OC)c3)n(-n3cccc3)c2=S)cc1. The maximum atomic E-state index is 12.8. The predicted molar refractivity (Wildman–Crippen MR) is 129 cm³/mol. The third-order valence-corrected chi connectivity index (χ3v) is 5.32. The average Bonchev–Trinajstić information content (AvgIpc) is 3.48. The Bertz CT molecular complexity index is 1360. The van der Waals surface area contributed by atoms with Crippen molar-refractivity contribution < 1.29 is 19.1 Å². The zero-order valence-corrected chi connectivity index (χ0v) is 19.5. The van der Waals surface area contributed by atoms with E-state index < -0.39 is 5.97 Å². The number of methoxy groups -OCH3 is 1. The number of carbonyl (C=O) groups is 2.